The first-order valence-electron chi connectivity index (χ1n) is 9.07. The monoisotopic (exact) mass is 373 g/mol. The van der Waals surface area contributed by atoms with Gasteiger partial charge in [0.1, 0.15) is 5.82 Å². The van der Waals surface area contributed by atoms with Crippen LogP contribution >= 0.6 is 11.3 Å². The molecule has 0 atom stereocenters. The molecule has 2 aromatic rings. The molecule has 0 aromatic carbocycles. The van der Waals surface area contributed by atoms with Gasteiger partial charge in [0.25, 0.3) is 0 Å². The Kier molecular flexibility index (Phi) is 5.27. The topological polar surface area (TPSA) is 71.0 Å². The van der Waals surface area contributed by atoms with Crippen LogP contribution in [0.5, 0.6) is 0 Å². The van der Waals surface area contributed by atoms with E-state index in [2.05, 4.69) is 15.3 Å². The summed E-state index contributed by atoms with van der Waals surface area (Å²) in [5, 5.41) is 4.15. The molecule has 1 amide bonds. The number of carbonyl (C=O) groups excluding carboxylic acids is 1. The average Bonchev–Trinajstić information content (AvgIpc) is 3.06. The highest BCUT2D eigenvalue weighted by Gasteiger charge is 2.31. The minimum atomic E-state index is -0.321. The molecule has 0 radical (unpaired) electrons. The summed E-state index contributed by atoms with van der Waals surface area (Å²) in [4.78, 5) is 29.2. The molecule has 1 aliphatic heterocycles. The first kappa shape index (κ1) is 18.8. The molecule has 1 N–H and O–H groups in total. The zero-order valence-electron chi connectivity index (χ0n) is 16.2. The Labute approximate surface area is 159 Å². The lowest BCUT2D eigenvalue weighted by atomic mass is 9.89. The van der Waals surface area contributed by atoms with Crippen LogP contribution in [-0.4, -0.2) is 45.9 Å². The number of aromatic nitrogens is 3. The summed E-state index contributed by atoms with van der Waals surface area (Å²) in [5.74, 6) is 2.13. The number of thiazole rings is 1. The van der Waals surface area contributed by atoms with Crippen LogP contribution in [0.3, 0.4) is 0 Å². The van der Waals surface area contributed by atoms with Crippen molar-refractivity contribution in [3.8, 4) is 10.7 Å². The molecule has 26 heavy (non-hydrogen) atoms. The van der Waals surface area contributed by atoms with Gasteiger partial charge in [-0.05, 0) is 19.8 Å². The third-order valence-corrected chi connectivity index (χ3v) is 5.59. The van der Waals surface area contributed by atoms with Crippen LogP contribution in [0.2, 0.25) is 0 Å². The standard InChI is InChI=1S/C19H27N5OS/c1-12-21-11-15(26-12)17-22-14(10-16(20-5)23-17)13-6-8-24(9-7-13)18(25)19(2,3)4/h10-11,13H,6-9H2,1-5H3,(H,20,22,23). The van der Waals surface area contributed by atoms with Crippen LogP contribution in [0.15, 0.2) is 12.3 Å². The normalized spacial score (nSPS) is 16.0. The van der Waals surface area contributed by atoms with Crippen LogP contribution < -0.4 is 5.32 Å². The highest BCUT2D eigenvalue weighted by atomic mass is 32.1. The van der Waals surface area contributed by atoms with Crippen LogP contribution in [-0.2, 0) is 4.79 Å². The fourth-order valence-electron chi connectivity index (χ4n) is 3.23. The van der Waals surface area contributed by atoms with Crippen LogP contribution in [0.25, 0.3) is 10.7 Å². The fourth-order valence-corrected chi connectivity index (χ4v) is 3.94. The average molecular weight is 374 g/mol. The SMILES string of the molecule is CNc1cc(C2CCN(C(=O)C(C)(C)C)CC2)nc(-c2cnc(C)s2)n1. The van der Waals surface area contributed by atoms with E-state index in [1.54, 1.807) is 11.3 Å². The molecular weight excluding hydrogens is 346 g/mol. The van der Waals surface area contributed by atoms with Gasteiger partial charge in [0.2, 0.25) is 5.91 Å². The summed E-state index contributed by atoms with van der Waals surface area (Å²) in [5.41, 5.74) is 0.728. The van der Waals surface area contributed by atoms with Crippen molar-refractivity contribution in [2.75, 3.05) is 25.5 Å². The summed E-state index contributed by atoms with van der Waals surface area (Å²) in [6.07, 6.45) is 3.70. The minimum absolute atomic E-state index is 0.232. The van der Waals surface area contributed by atoms with Gasteiger partial charge >= 0.3 is 0 Å². The summed E-state index contributed by atoms with van der Waals surface area (Å²) in [7, 11) is 1.87. The number of nitrogens with one attached hydrogen (secondary N) is 1. The van der Waals surface area contributed by atoms with E-state index in [-0.39, 0.29) is 11.3 Å². The first-order chi connectivity index (χ1) is 12.3. The molecule has 0 saturated carbocycles. The molecule has 3 heterocycles. The lowest BCUT2D eigenvalue weighted by Gasteiger charge is -2.35. The Bertz CT molecular complexity index is 787. The maximum atomic E-state index is 12.5. The number of aryl methyl sites for hydroxylation is 1. The van der Waals surface area contributed by atoms with Gasteiger partial charge in [-0.1, -0.05) is 20.8 Å². The predicted octanol–water partition coefficient (Wildman–Crippen LogP) is 3.70. The number of nitrogens with zero attached hydrogens (tertiary/aromatic N) is 4. The maximum absolute atomic E-state index is 12.5. The summed E-state index contributed by atoms with van der Waals surface area (Å²) >= 11 is 1.61. The van der Waals surface area contributed by atoms with Gasteiger partial charge in [0, 0.05) is 49.4 Å². The number of anilines is 1. The third kappa shape index (κ3) is 4.03. The third-order valence-electron chi connectivity index (χ3n) is 4.69. The number of carbonyl (C=O) groups is 1. The molecule has 1 saturated heterocycles. The molecule has 0 unspecified atom stereocenters. The molecule has 2 aromatic heterocycles. The molecule has 3 rings (SSSR count). The summed E-state index contributed by atoms with van der Waals surface area (Å²) in [6.45, 7) is 9.50. The first-order valence-corrected chi connectivity index (χ1v) is 9.88. The van der Waals surface area contributed by atoms with Gasteiger partial charge in [0.15, 0.2) is 5.82 Å². The fraction of sp³-hybridized carbons (Fsp3) is 0.579. The quantitative estimate of drug-likeness (QED) is 0.888. The van der Waals surface area contributed by atoms with E-state index in [0.29, 0.717) is 5.92 Å². The van der Waals surface area contributed by atoms with E-state index in [0.717, 1.165) is 53.2 Å². The Balaban J connectivity index is 1.79. The summed E-state index contributed by atoms with van der Waals surface area (Å²) in [6, 6.07) is 2.03. The molecular formula is C19H27N5OS. The molecule has 0 spiro atoms. The van der Waals surface area contributed by atoms with Crippen LogP contribution in [0, 0.1) is 12.3 Å². The predicted molar refractivity (Wildman–Crippen MR) is 105 cm³/mol. The van der Waals surface area contributed by atoms with Gasteiger partial charge < -0.3 is 10.2 Å². The zero-order chi connectivity index (χ0) is 18.9. The van der Waals surface area contributed by atoms with Gasteiger partial charge in [-0.3, -0.25) is 4.79 Å². The highest BCUT2D eigenvalue weighted by molar-refractivity contribution is 7.14. The highest BCUT2D eigenvalue weighted by Crippen LogP contribution is 2.32. The lowest BCUT2D eigenvalue weighted by Crippen LogP contribution is -2.43. The van der Waals surface area contributed by atoms with Crippen molar-refractivity contribution in [2.24, 2.45) is 5.41 Å². The summed E-state index contributed by atoms with van der Waals surface area (Å²) < 4.78 is 0. The van der Waals surface area contributed by atoms with Gasteiger partial charge in [-0.15, -0.1) is 11.3 Å². The van der Waals surface area contributed by atoms with Crippen molar-refractivity contribution in [2.45, 2.75) is 46.5 Å². The second kappa shape index (κ2) is 7.31. The van der Waals surface area contributed by atoms with E-state index >= 15 is 0 Å². The Morgan fingerprint density at radius 2 is 1.96 bits per heavy atom. The second-order valence-corrected chi connectivity index (χ2v) is 9.05. The number of amides is 1. The number of hydrogen-bond acceptors (Lipinski definition) is 6. The van der Waals surface area contributed by atoms with Crippen LogP contribution in [0.4, 0.5) is 5.82 Å². The van der Waals surface area contributed by atoms with Crippen molar-refractivity contribution in [3.63, 3.8) is 0 Å². The van der Waals surface area contributed by atoms with Gasteiger partial charge in [0.05, 0.1) is 9.88 Å². The van der Waals surface area contributed by atoms with Crippen molar-refractivity contribution in [3.05, 3.63) is 23.0 Å². The number of piperidine rings is 1. The second-order valence-electron chi connectivity index (χ2n) is 7.81. The van der Waals surface area contributed by atoms with E-state index in [1.807, 2.05) is 51.9 Å². The van der Waals surface area contributed by atoms with Crippen molar-refractivity contribution >= 4 is 23.1 Å². The van der Waals surface area contributed by atoms with E-state index in [1.165, 1.54) is 0 Å². The maximum Gasteiger partial charge on any atom is 0.227 e. The Hall–Kier alpha value is -2.02. The molecule has 0 bridgehead atoms. The lowest BCUT2D eigenvalue weighted by molar-refractivity contribution is -0.140. The molecule has 6 nitrogen and oxygen atoms in total. The van der Waals surface area contributed by atoms with Crippen LogP contribution in [0.1, 0.15) is 50.2 Å². The minimum Gasteiger partial charge on any atom is -0.373 e. The molecule has 1 aliphatic rings. The number of likely N-dealkylation sites (tertiary alicyclic amines) is 1. The molecule has 0 aliphatic carbocycles. The largest absolute Gasteiger partial charge is 0.373 e. The van der Waals surface area contributed by atoms with Crippen molar-refractivity contribution < 1.29 is 4.79 Å². The number of hydrogen-bond donors (Lipinski definition) is 1. The Morgan fingerprint density at radius 3 is 2.50 bits per heavy atom. The van der Waals surface area contributed by atoms with E-state index < -0.39 is 0 Å². The van der Waals surface area contributed by atoms with Gasteiger partial charge in [-0.25, -0.2) is 15.0 Å². The van der Waals surface area contributed by atoms with Crippen molar-refractivity contribution in [1.82, 2.24) is 19.9 Å². The van der Waals surface area contributed by atoms with Crippen molar-refractivity contribution in [1.29, 1.82) is 0 Å². The Morgan fingerprint density at radius 1 is 1.27 bits per heavy atom. The molecule has 140 valence electrons. The number of rotatable bonds is 3. The molecule has 1 fully saturated rings. The van der Waals surface area contributed by atoms with E-state index in [9.17, 15) is 4.79 Å². The molecule has 7 heteroatoms. The zero-order valence-corrected chi connectivity index (χ0v) is 17.0. The van der Waals surface area contributed by atoms with Gasteiger partial charge in [-0.2, -0.15) is 0 Å². The van der Waals surface area contributed by atoms with E-state index in [4.69, 9.17) is 4.98 Å². The smallest absolute Gasteiger partial charge is 0.227 e.